The fourth-order valence-electron chi connectivity index (χ4n) is 3.27. The molecule has 1 aliphatic heterocycles. The molecule has 1 atom stereocenters. The maximum atomic E-state index is 10.4. The Balaban J connectivity index is 0.00000420. The Bertz CT molecular complexity index is 598. The standard InChI is InChI=1S/C22H38N4O2.HI/c1-4-23-22(24-11-14-28-13-10-18(2)3)25-15-21(27)17-26-12-9-19-7-5-6-8-20(19)16-26;/h5-8,18,21,27H,4,9-17H2,1-3H3,(H2,23,24,25);1H. The van der Waals surface area contributed by atoms with Crippen LogP contribution in [-0.2, 0) is 17.7 Å². The van der Waals surface area contributed by atoms with Gasteiger partial charge in [0.15, 0.2) is 5.96 Å². The molecule has 6 nitrogen and oxygen atoms in total. The fourth-order valence-corrected chi connectivity index (χ4v) is 3.27. The molecule has 1 heterocycles. The zero-order valence-corrected chi connectivity index (χ0v) is 20.5. The average molecular weight is 518 g/mol. The Morgan fingerprint density at radius 1 is 1.21 bits per heavy atom. The summed E-state index contributed by atoms with van der Waals surface area (Å²) in [6.07, 6.45) is 1.66. The third kappa shape index (κ3) is 10.6. The number of hydrogen-bond acceptors (Lipinski definition) is 4. The summed E-state index contributed by atoms with van der Waals surface area (Å²) in [5.74, 6) is 1.40. The van der Waals surface area contributed by atoms with Gasteiger partial charge in [-0.3, -0.25) is 9.89 Å². The minimum Gasteiger partial charge on any atom is -0.390 e. The highest BCUT2D eigenvalue weighted by Gasteiger charge is 2.18. The van der Waals surface area contributed by atoms with E-state index in [1.165, 1.54) is 11.1 Å². The summed E-state index contributed by atoms with van der Waals surface area (Å²) in [6, 6.07) is 8.57. The van der Waals surface area contributed by atoms with E-state index in [2.05, 4.69) is 58.6 Å². The average Bonchev–Trinajstić information content (AvgIpc) is 2.68. The number of ether oxygens (including phenoxy) is 1. The first-order chi connectivity index (χ1) is 13.6. The van der Waals surface area contributed by atoms with Crippen molar-refractivity contribution >= 4 is 29.9 Å². The molecule has 1 aromatic rings. The number of hydrogen-bond donors (Lipinski definition) is 3. The number of guanidine groups is 1. The molecule has 0 fully saturated rings. The summed E-state index contributed by atoms with van der Waals surface area (Å²) >= 11 is 0. The number of aliphatic hydroxyl groups excluding tert-OH is 1. The van der Waals surface area contributed by atoms with Crippen molar-refractivity contribution in [1.82, 2.24) is 15.5 Å². The molecule has 0 saturated carbocycles. The lowest BCUT2D eigenvalue weighted by Gasteiger charge is -2.30. The molecule has 1 aliphatic rings. The number of rotatable bonds is 11. The van der Waals surface area contributed by atoms with Crippen LogP contribution in [0.4, 0.5) is 0 Å². The van der Waals surface area contributed by atoms with E-state index in [9.17, 15) is 5.11 Å². The molecule has 7 heteroatoms. The zero-order valence-electron chi connectivity index (χ0n) is 18.2. The van der Waals surface area contributed by atoms with Crippen LogP contribution in [0.15, 0.2) is 29.3 Å². The summed E-state index contributed by atoms with van der Waals surface area (Å²) in [5.41, 5.74) is 2.80. The summed E-state index contributed by atoms with van der Waals surface area (Å²) in [5, 5.41) is 16.9. The predicted molar refractivity (Wildman–Crippen MR) is 131 cm³/mol. The van der Waals surface area contributed by atoms with Crippen molar-refractivity contribution in [2.75, 3.05) is 45.9 Å². The highest BCUT2D eigenvalue weighted by Crippen LogP contribution is 2.18. The molecule has 1 unspecified atom stereocenters. The molecule has 29 heavy (non-hydrogen) atoms. The van der Waals surface area contributed by atoms with Gasteiger partial charge >= 0.3 is 0 Å². The summed E-state index contributed by atoms with van der Waals surface area (Å²) in [4.78, 5) is 6.84. The second-order valence-corrected chi connectivity index (χ2v) is 7.85. The zero-order chi connectivity index (χ0) is 20.2. The number of fused-ring (bicyclic) bond motifs is 1. The van der Waals surface area contributed by atoms with Crippen LogP contribution >= 0.6 is 24.0 Å². The second kappa shape index (κ2) is 15.0. The van der Waals surface area contributed by atoms with Crippen molar-refractivity contribution < 1.29 is 9.84 Å². The number of halogens is 1. The Morgan fingerprint density at radius 3 is 2.69 bits per heavy atom. The van der Waals surface area contributed by atoms with E-state index in [-0.39, 0.29) is 24.0 Å². The fraction of sp³-hybridized carbons (Fsp3) is 0.682. The van der Waals surface area contributed by atoms with Crippen LogP contribution < -0.4 is 10.6 Å². The lowest BCUT2D eigenvalue weighted by molar-refractivity contribution is 0.111. The number of nitrogens with zero attached hydrogens (tertiary/aromatic N) is 2. The predicted octanol–water partition coefficient (Wildman–Crippen LogP) is 2.64. The molecule has 0 radical (unpaired) electrons. The van der Waals surface area contributed by atoms with Gasteiger partial charge < -0.3 is 20.5 Å². The summed E-state index contributed by atoms with van der Waals surface area (Å²) in [7, 11) is 0. The van der Waals surface area contributed by atoms with Gasteiger partial charge in [-0.1, -0.05) is 38.1 Å². The molecule has 0 aromatic heterocycles. The van der Waals surface area contributed by atoms with Crippen LogP contribution in [0.5, 0.6) is 0 Å². The van der Waals surface area contributed by atoms with E-state index < -0.39 is 6.10 Å². The van der Waals surface area contributed by atoms with Crippen molar-refractivity contribution in [3.05, 3.63) is 35.4 Å². The first kappa shape index (κ1) is 26.1. The molecular weight excluding hydrogens is 479 g/mol. The van der Waals surface area contributed by atoms with Gasteiger partial charge in [-0.2, -0.15) is 0 Å². The van der Waals surface area contributed by atoms with Crippen molar-refractivity contribution in [3.8, 4) is 0 Å². The van der Waals surface area contributed by atoms with E-state index >= 15 is 0 Å². The normalized spacial score (nSPS) is 15.6. The maximum absolute atomic E-state index is 10.4. The van der Waals surface area contributed by atoms with Crippen molar-refractivity contribution in [2.45, 2.75) is 46.3 Å². The van der Waals surface area contributed by atoms with Crippen LogP contribution in [0, 0.1) is 5.92 Å². The summed E-state index contributed by atoms with van der Waals surface area (Å²) in [6.45, 7) is 12.3. The number of β-amino-alcohol motifs (C(OH)–C–C–N with tert-alkyl or cyclic N) is 1. The smallest absolute Gasteiger partial charge is 0.191 e. The molecular formula is C22H39IN4O2. The quantitative estimate of drug-likeness (QED) is 0.182. The van der Waals surface area contributed by atoms with Crippen LogP contribution in [0.25, 0.3) is 0 Å². The second-order valence-electron chi connectivity index (χ2n) is 7.85. The summed E-state index contributed by atoms with van der Waals surface area (Å²) < 4.78 is 5.63. The SMILES string of the molecule is CCNC(=NCC(O)CN1CCc2ccccc2C1)NCCOCCC(C)C.I. The third-order valence-corrected chi connectivity index (χ3v) is 4.86. The molecule has 2 rings (SSSR count). The van der Waals surface area contributed by atoms with Gasteiger partial charge in [0.1, 0.15) is 0 Å². The minimum absolute atomic E-state index is 0. The molecule has 1 aromatic carbocycles. The Hall–Kier alpha value is -0.900. The van der Waals surface area contributed by atoms with Gasteiger partial charge in [0, 0.05) is 39.3 Å². The third-order valence-electron chi connectivity index (χ3n) is 4.86. The molecule has 166 valence electrons. The first-order valence-corrected chi connectivity index (χ1v) is 10.7. The van der Waals surface area contributed by atoms with E-state index in [1.54, 1.807) is 0 Å². The highest BCUT2D eigenvalue weighted by atomic mass is 127. The van der Waals surface area contributed by atoms with Gasteiger partial charge in [0.25, 0.3) is 0 Å². The molecule has 0 spiro atoms. The lowest BCUT2D eigenvalue weighted by atomic mass is 10.00. The monoisotopic (exact) mass is 518 g/mol. The topological polar surface area (TPSA) is 69.1 Å². The van der Waals surface area contributed by atoms with Crippen molar-refractivity contribution in [3.63, 3.8) is 0 Å². The van der Waals surface area contributed by atoms with Crippen LogP contribution in [0.3, 0.4) is 0 Å². The highest BCUT2D eigenvalue weighted by molar-refractivity contribution is 14.0. The lowest BCUT2D eigenvalue weighted by Crippen LogP contribution is -2.41. The minimum atomic E-state index is -0.469. The molecule has 0 bridgehead atoms. The van der Waals surface area contributed by atoms with Gasteiger partial charge in [0.05, 0.1) is 19.3 Å². The van der Waals surface area contributed by atoms with Gasteiger partial charge in [0.2, 0.25) is 0 Å². The molecule has 0 saturated heterocycles. The van der Waals surface area contributed by atoms with E-state index in [1.807, 2.05) is 6.92 Å². The number of nitrogens with one attached hydrogen (secondary N) is 2. The number of aliphatic imine (C=N–C) groups is 1. The molecule has 3 N–H and O–H groups in total. The van der Waals surface area contributed by atoms with Crippen LogP contribution in [0.1, 0.15) is 38.3 Å². The molecule has 0 amide bonds. The van der Waals surface area contributed by atoms with E-state index in [0.717, 1.165) is 45.0 Å². The first-order valence-electron chi connectivity index (χ1n) is 10.7. The van der Waals surface area contributed by atoms with Gasteiger partial charge in [-0.25, -0.2) is 0 Å². The Morgan fingerprint density at radius 2 is 1.97 bits per heavy atom. The largest absolute Gasteiger partial charge is 0.390 e. The van der Waals surface area contributed by atoms with Crippen molar-refractivity contribution in [1.29, 1.82) is 0 Å². The van der Waals surface area contributed by atoms with Gasteiger partial charge in [-0.05, 0) is 36.8 Å². The number of benzene rings is 1. The van der Waals surface area contributed by atoms with Crippen molar-refractivity contribution in [2.24, 2.45) is 10.9 Å². The van der Waals surface area contributed by atoms with Crippen LogP contribution in [-0.4, -0.2) is 68.0 Å². The Kier molecular flexibility index (Phi) is 13.5. The van der Waals surface area contributed by atoms with Crippen LogP contribution in [0.2, 0.25) is 0 Å². The maximum Gasteiger partial charge on any atom is 0.191 e. The molecule has 0 aliphatic carbocycles. The number of aliphatic hydroxyl groups is 1. The van der Waals surface area contributed by atoms with Gasteiger partial charge in [-0.15, -0.1) is 24.0 Å². The van der Waals surface area contributed by atoms with E-state index in [0.29, 0.717) is 32.2 Å². The Labute approximate surface area is 193 Å². The van der Waals surface area contributed by atoms with E-state index in [4.69, 9.17) is 4.74 Å².